The first-order valence-corrected chi connectivity index (χ1v) is 10.5. The molecule has 26 heavy (non-hydrogen) atoms. The van der Waals surface area contributed by atoms with Crippen LogP contribution in [-0.2, 0) is 10.0 Å². The Kier molecular flexibility index (Phi) is 4.47. The molecule has 1 unspecified atom stereocenters. The summed E-state index contributed by atoms with van der Waals surface area (Å²) >= 11 is 0. The van der Waals surface area contributed by atoms with Crippen molar-refractivity contribution < 1.29 is 8.42 Å². The second kappa shape index (κ2) is 6.65. The van der Waals surface area contributed by atoms with E-state index in [0.717, 1.165) is 5.56 Å². The second-order valence-electron chi connectivity index (χ2n) is 7.21. The Labute approximate surface area is 155 Å². The maximum absolute atomic E-state index is 12.9. The Bertz CT molecular complexity index is 905. The van der Waals surface area contributed by atoms with Crippen LogP contribution in [0.2, 0.25) is 0 Å². The van der Waals surface area contributed by atoms with Crippen molar-refractivity contribution in [2.75, 3.05) is 13.1 Å². The highest BCUT2D eigenvalue weighted by Crippen LogP contribution is 2.38. The van der Waals surface area contributed by atoms with Crippen LogP contribution in [0.1, 0.15) is 29.5 Å². The predicted molar refractivity (Wildman–Crippen MR) is 105 cm³/mol. The van der Waals surface area contributed by atoms with Crippen LogP contribution < -0.4 is 5.32 Å². The van der Waals surface area contributed by atoms with E-state index in [1.165, 1.54) is 11.1 Å². The van der Waals surface area contributed by atoms with Gasteiger partial charge in [0.25, 0.3) is 0 Å². The lowest BCUT2D eigenvalue weighted by atomic mass is 9.75. The number of rotatable bonds is 4. The van der Waals surface area contributed by atoms with Gasteiger partial charge in [-0.3, -0.25) is 0 Å². The van der Waals surface area contributed by atoms with Crippen molar-refractivity contribution in [1.29, 1.82) is 0 Å². The summed E-state index contributed by atoms with van der Waals surface area (Å²) in [6.07, 6.45) is 4.11. The average molecular weight is 369 g/mol. The Morgan fingerprint density at radius 2 is 1.62 bits per heavy atom. The molecule has 3 atom stereocenters. The Morgan fingerprint density at radius 3 is 2.19 bits per heavy atom. The highest BCUT2D eigenvalue weighted by Gasteiger charge is 2.49. The monoisotopic (exact) mass is 368 g/mol. The summed E-state index contributed by atoms with van der Waals surface area (Å²) in [5.41, 5.74) is 3.55. The van der Waals surface area contributed by atoms with Crippen LogP contribution in [0.3, 0.4) is 0 Å². The molecule has 3 saturated heterocycles. The third kappa shape index (κ3) is 3.00. The number of benzene rings is 2. The Hall–Kier alpha value is -1.95. The zero-order chi connectivity index (χ0) is 18.3. The molecule has 5 heteroatoms. The summed E-state index contributed by atoms with van der Waals surface area (Å²) in [5.74, 6) is 0.388. The molecule has 3 heterocycles. The van der Waals surface area contributed by atoms with Crippen molar-refractivity contribution in [3.05, 3.63) is 71.3 Å². The van der Waals surface area contributed by atoms with Gasteiger partial charge < -0.3 is 5.32 Å². The molecule has 2 bridgehead atoms. The lowest BCUT2D eigenvalue weighted by molar-refractivity contribution is 0.102. The van der Waals surface area contributed by atoms with E-state index in [1.807, 2.05) is 32.1 Å². The molecule has 0 aromatic heterocycles. The molecule has 3 aliphatic heterocycles. The number of hydrogen-bond donors (Lipinski definition) is 1. The predicted octanol–water partition coefficient (Wildman–Crippen LogP) is 3.16. The largest absolute Gasteiger partial charge is 0.307 e. The van der Waals surface area contributed by atoms with Crippen LogP contribution in [0.25, 0.3) is 6.08 Å². The van der Waals surface area contributed by atoms with Crippen LogP contribution in [0, 0.1) is 6.92 Å². The lowest BCUT2D eigenvalue weighted by Gasteiger charge is -2.54. The van der Waals surface area contributed by atoms with Crippen LogP contribution in [0.4, 0.5) is 0 Å². The summed E-state index contributed by atoms with van der Waals surface area (Å²) in [7, 11) is -3.42. The van der Waals surface area contributed by atoms with E-state index in [4.69, 9.17) is 0 Å². The number of aryl methyl sites for hydroxylation is 1. The number of piperidine rings is 1. The Morgan fingerprint density at radius 1 is 1.00 bits per heavy atom. The molecule has 0 saturated carbocycles. The first-order valence-electron chi connectivity index (χ1n) is 9.04. The van der Waals surface area contributed by atoms with Gasteiger partial charge >= 0.3 is 0 Å². The van der Waals surface area contributed by atoms with Gasteiger partial charge in [-0.15, -0.1) is 0 Å². The molecular weight excluding hydrogens is 344 g/mol. The maximum atomic E-state index is 12.9. The highest BCUT2D eigenvalue weighted by molar-refractivity contribution is 7.89. The fraction of sp³-hybridized carbons (Fsp3) is 0.333. The van der Waals surface area contributed by atoms with Crippen molar-refractivity contribution in [3.8, 4) is 0 Å². The fourth-order valence-electron chi connectivity index (χ4n) is 4.03. The number of sulfonamides is 1. The number of hydrogen-bond acceptors (Lipinski definition) is 3. The minimum Gasteiger partial charge on any atom is -0.307 e. The molecule has 2 aromatic rings. The zero-order valence-corrected chi connectivity index (χ0v) is 15.9. The van der Waals surface area contributed by atoms with Crippen LogP contribution in [0.5, 0.6) is 0 Å². The van der Waals surface area contributed by atoms with Gasteiger partial charge in [0.05, 0.1) is 4.90 Å². The van der Waals surface area contributed by atoms with E-state index in [0.29, 0.717) is 23.9 Å². The quantitative estimate of drug-likeness (QED) is 0.902. The van der Waals surface area contributed by atoms with Gasteiger partial charge in [0.2, 0.25) is 10.0 Å². The summed E-state index contributed by atoms with van der Waals surface area (Å²) in [6, 6.07) is 16.1. The fourth-order valence-corrected chi connectivity index (χ4v) is 5.52. The number of allylic oxidation sites excluding steroid dienone is 1. The summed E-state index contributed by atoms with van der Waals surface area (Å²) in [6.45, 7) is 5.02. The normalized spacial score (nSPS) is 26.0. The van der Waals surface area contributed by atoms with E-state index < -0.39 is 10.0 Å². The van der Waals surface area contributed by atoms with Crippen molar-refractivity contribution in [3.63, 3.8) is 0 Å². The molecule has 136 valence electrons. The van der Waals surface area contributed by atoms with Crippen molar-refractivity contribution in [1.82, 2.24) is 9.62 Å². The first kappa shape index (κ1) is 17.5. The van der Waals surface area contributed by atoms with Gasteiger partial charge in [0.1, 0.15) is 0 Å². The molecule has 3 fully saturated rings. The molecule has 2 aromatic carbocycles. The maximum Gasteiger partial charge on any atom is 0.243 e. The third-order valence-electron chi connectivity index (χ3n) is 5.44. The zero-order valence-electron chi connectivity index (χ0n) is 15.1. The molecule has 4 nitrogen and oxygen atoms in total. The average Bonchev–Trinajstić information content (AvgIpc) is 2.64. The van der Waals surface area contributed by atoms with Crippen LogP contribution in [0.15, 0.2) is 59.5 Å². The molecule has 3 aliphatic rings. The minimum atomic E-state index is -3.42. The van der Waals surface area contributed by atoms with Gasteiger partial charge in [0.15, 0.2) is 0 Å². The smallest absolute Gasteiger partial charge is 0.243 e. The molecule has 0 radical (unpaired) electrons. The van der Waals surface area contributed by atoms with E-state index in [-0.39, 0.29) is 12.1 Å². The molecule has 5 rings (SSSR count). The topological polar surface area (TPSA) is 49.4 Å². The highest BCUT2D eigenvalue weighted by atomic mass is 32.2. The number of nitrogens with one attached hydrogen (secondary N) is 1. The molecule has 0 aliphatic carbocycles. The van der Waals surface area contributed by atoms with Gasteiger partial charge in [-0.05, 0) is 37.1 Å². The van der Waals surface area contributed by atoms with E-state index in [1.54, 1.807) is 16.4 Å². The number of piperazine rings is 1. The summed E-state index contributed by atoms with van der Waals surface area (Å²) in [4.78, 5) is 0.386. The standard InChI is InChI=1S/C21H24N2O2S/c1-3-4-16-7-9-17(10-8-16)21-19-13-23(14-20(21)22-19)26(24,25)18-11-5-15(2)6-12-18/h3-12,19-22H,13-14H2,1-2H3/t19-,20+,21?. The SMILES string of the molecule is CC=Cc1ccc(C2[C@@H]3CN(S(=O)(=O)c4ccc(C)cc4)C[C@H]2N3)cc1. The van der Waals surface area contributed by atoms with Crippen molar-refractivity contribution in [2.45, 2.75) is 36.7 Å². The van der Waals surface area contributed by atoms with Crippen LogP contribution in [-0.4, -0.2) is 37.9 Å². The molecule has 0 spiro atoms. The van der Waals surface area contributed by atoms with Crippen molar-refractivity contribution in [2.24, 2.45) is 0 Å². The van der Waals surface area contributed by atoms with Gasteiger partial charge in [-0.25, -0.2) is 8.42 Å². The van der Waals surface area contributed by atoms with E-state index in [9.17, 15) is 8.42 Å². The first-order chi connectivity index (χ1) is 12.5. The van der Waals surface area contributed by atoms with Crippen LogP contribution >= 0.6 is 0 Å². The molecular formula is C21H24N2O2S. The Balaban J connectivity index is 1.50. The third-order valence-corrected chi connectivity index (χ3v) is 7.28. The number of nitrogens with zero attached hydrogens (tertiary/aromatic N) is 1. The van der Waals surface area contributed by atoms with E-state index >= 15 is 0 Å². The van der Waals surface area contributed by atoms with Crippen molar-refractivity contribution >= 4 is 16.1 Å². The number of fused-ring (bicyclic) bond motifs is 2. The van der Waals surface area contributed by atoms with Gasteiger partial charge in [-0.2, -0.15) is 4.31 Å². The van der Waals surface area contributed by atoms with Gasteiger partial charge in [0, 0.05) is 31.1 Å². The summed E-state index contributed by atoms with van der Waals surface area (Å²) in [5, 5.41) is 3.51. The molecule has 1 N–H and O–H groups in total. The molecule has 0 amide bonds. The van der Waals surface area contributed by atoms with Gasteiger partial charge in [-0.1, -0.05) is 54.1 Å². The lowest BCUT2D eigenvalue weighted by Crippen LogP contribution is -2.72. The second-order valence-corrected chi connectivity index (χ2v) is 9.15. The minimum absolute atomic E-state index is 0.182. The summed E-state index contributed by atoms with van der Waals surface area (Å²) < 4.78 is 27.5. The van der Waals surface area contributed by atoms with E-state index in [2.05, 4.69) is 35.7 Å².